The molecule has 0 bridgehead atoms. The molecule has 1 saturated heterocycles. The predicted molar refractivity (Wildman–Crippen MR) is 78.2 cm³/mol. The van der Waals surface area contributed by atoms with E-state index in [1.54, 1.807) is 13.0 Å². The van der Waals surface area contributed by atoms with Gasteiger partial charge in [0.25, 0.3) is 0 Å². The van der Waals surface area contributed by atoms with E-state index >= 15 is 0 Å². The normalized spacial score (nSPS) is 19.6. The molecule has 0 radical (unpaired) electrons. The Morgan fingerprint density at radius 1 is 1.68 bits per heavy atom. The number of hydrogen-bond donors (Lipinski definition) is 1. The number of carboxylic acids is 1. The van der Waals surface area contributed by atoms with Gasteiger partial charge in [0.2, 0.25) is 0 Å². The SMILES string of the molecule is C[C@H](OCC1CCOC1)c1c(C(=O)O)cnc2cc(Cl)nn12. The van der Waals surface area contributed by atoms with E-state index in [2.05, 4.69) is 10.1 Å². The molecule has 7 nitrogen and oxygen atoms in total. The number of aromatic carboxylic acids is 1. The molecule has 0 spiro atoms. The molecule has 3 heterocycles. The number of ether oxygens (including phenoxy) is 2. The lowest BCUT2D eigenvalue weighted by molar-refractivity contribution is 0.0308. The number of carbonyl (C=O) groups is 1. The molecule has 1 fully saturated rings. The van der Waals surface area contributed by atoms with Crippen LogP contribution in [-0.4, -0.2) is 45.5 Å². The lowest BCUT2D eigenvalue weighted by atomic mass is 10.1. The zero-order valence-corrected chi connectivity index (χ0v) is 12.8. The lowest BCUT2D eigenvalue weighted by Crippen LogP contribution is -2.18. The van der Waals surface area contributed by atoms with Gasteiger partial charge in [0.15, 0.2) is 10.8 Å². The van der Waals surface area contributed by atoms with Crippen LogP contribution in [0.1, 0.15) is 35.5 Å². The van der Waals surface area contributed by atoms with E-state index in [1.807, 2.05) is 0 Å². The monoisotopic (exact) mass is 325 g/mol. The third-order valence-electron chi connectivity index (χ3n) is 3.71. The maximum absolute atomic E-state index is 11.4. The summed E-state index contributed by atoms with van der Waals surface area (Å²) in [4.78, 5) is 15.5. The molecular weight excluding hydrogens is 310 g/mol. The average Bonchev–Trinajstić information content (AvgIpc) is 3.11. The minimum absolute atomic E-state index is 0.0578. The highest BCUT2D eigenvalue weighted by molar-refractivity contribution is 6.29. The predicted octanol–water partition coefficient (Wildman–Crippen LogP) is 2.20. The molecule has 0 saturated carbocycles. The van der Waals surface area contributed by atoms with Crippen LogP contribution in [0, 0.1) is 5.92 Å². The van der Waals surface area contributed by atoms with E-state index in [-0.39, 0.29) is 10.7 Å². The number of nitrogens with zero attached hydrogens (tertiary/aromatic N) is 3. The molecular formula is C14H16ClN3O4. The van der Waals surface area contributed by atoms with Crippen molar-refractivity contribution in [2.45, 2.75) is 19.4 Å². The Balaban J connectivity index is 1.91. The van der Waals surface area contributed by atoms with Crippen molar-refractivity contribution < 1.29 is 19.4 Å². The second kappa shape index (κ2) is 6.20. The third-order valence-corrected chi connectivity index (χ3v) is 3.90. The zero-order chi connectivity index (χ0) is 15.7. The van der Waals surface area contributed by atoms with E-state index in [0.717, 1.165) is 13.0 Å². The molecule has 0 aromatic carbocycles. The second-order valence-corrected chi connectivity index (χ2v) is 5.69. The van der Waals surface area contributed by atoms with Crippen molar-refractivity contribution >= 4 is 23.2 Å². The number of fused-ring (bicyclic) bond motifs is 1. The first kappa shape index (κ1) is 15.2. The Kier molecular flexibility index (Phi) is 4.28. The second-order valence-electron chi connectivity index (χ2n) is 5.30. The Labute approximate surface area is 131 Å². The molecule has 8 heteroatoms. The highest BCUT2D eigenvalue weighted by Crippen LogP contribution is 2.25. The minimum Gasteiger partial charge on any atom is -0.478 e. The summed E-state index contributed by atoms with van der Waals surface area (Å²) < 4.78 is 12.6. The summed E-state index contributed by atoms with van der Waals surface area (Å²) in [5.74, 6) is -0.732. The van der Waals surface area contributed by atoms with Gasteiger partial charge in [-0.25, -0.2) is 14.3 Å². The smallest absolute Gasteiger partial charge is 0.339 e. The van der Waals surface area contributed by atoms with Crippen LogP contribution < -0.4 is 0 Å². The van der Waals surface area contributed by atoms with Crippen LogP contribution in [0.5, 0.6) is 0 Å². The van der Waals surface area contributed by atoms with Crippen molar-refractivity contribution in [2.75, 3.05) is 19.8 Å². The maximum atomic E-state index is 11.4. The summed E-state index contributed by atoms with van der Waals surface area (Å²) >= 11 is 5.90. The van der Waals surface area contributed by atoms with Gasteiger partial charge in [-0.1, -0.05) is 11.6 Å². The number of rotatable bonds is 5. The molecule has 1 N–H and O–H groups in total. The first-order chi connectivity index (χ1) is 10.6. The van der Waals surface area contributed by atoms with Gasteiger partial charge in [0.05, 0.1) is 25.0 Å². The van der Waals surface area contributed by atoms with Crippen LogP contribution in [0.2, 0.25) is 5.15 Å². The standard InChI is InChI=1S/C14H16ClN3O4/c1-8(22-7-9-2-3-21-6-9)13-10(14(19)20)5-16-12-4-11(15)17-18(12)13/h4-5,8-9H,2-3,6-7H2,1H3,(H,19,20)/t8-,9?/m0/s1. The highest BCUT2D eigenvalue weighted by Gasteiger charge is 2.24. The fraction of sp³-hybridized carbons (Fsp3) is 0.500. The molecule has 22 heavy (non-hydrogen) atoms. The number of hydrogen-bond acceptors (Lipinski definition) is 5. The highest BCUT2D eigenvalue weighted by atomic mass is 35.5. The zero-order valence-electron chi connectivity index (χ0n) is 12.0. The molecule has 0 aliphatic carbocycles. The summed E-state index contributed by atoms with van der Waals surface area (Å²) in [6.45, 7) is 3.74. The molecule has 3 rings (SSSR count). The van der Waals surface area contributed by atoms with Crippen molar-refractivity contribution in [3.8, 4) is 0 Å². The van der Waals surface area contributed by atoms with E-state index in [0.29, 0.717) is 30.5 Å². The van der Waals surface area contributed by atoms with E-state index in [1.165, 1.54) is 10.7 Å². The summed E-state index contributed by atoms with van der Waals surface area (Å²) in [5.41, 5.74) is 0.982. The summed E-state index contributed by atoms with van der Waals surface area (Å²) in [7, 11) is 0. The number of carboxylic acid groups (broad SMARTS) is 1. The van der Waals surface area contributed by atoms with Gasteiger partial charge >= 0.3 is 5.97 Å². The van der Waals surface area contributed by atoms with Crippen molar-refractivity contribution in [3.05, 3.63) is 28.7 Å². The molecule has 2 aromatic heterocycles. The largest absolute Gasteiger partial charge is 0.478 e. The quantitative estimate of drug-likeness (QED) is 0.907. The van der Waals surface area contributed by atoms with Gasteiger partial charge in [-0.15, -0.1) is 0 Å². The Morgan fingerprint density at radius 3 is 3.18 bits per heavy atom. The molecule has 1 aliphatic rings. The molecule has 2 atom stereocenters. The third kappa shape index (κ3) is 2.92. The number of halogens is 1. The first-order valence-electron chi connectivity index (χ1n) is 7.03. The number of aromatic nitrogens is 3. The fourth-order valence-corrected chi connectivity index (χ4v) is 2.73. The molecule has 1 unspecified atom stereocenters. The van der Waals surface area contributed by atoms with Crippen molar-refractivity contribution in [1.29, 1.82) is 0 Å². The lowest BCUT2D eigenvalue weighted by Gasteiger charge is -2.18. The van der Waals surface area contributed by atoms with Gasteiger partial charge in [0.1, 0.15) is 5.56 Å². The summed E-state index contributed by atoms with van der Waals surface area (Å²) in [6, 6.07) is 1.58. The van der Waals surface area contributed by atoms with Crippen LogP contribution in [0.4, 0.5) is 0 Å². The van der Waals surface area contributed by atoms with Gasteiger partial charge in [-0.05, 0) is 13.3 Å². The van der Waals surface area contributed by atoms with Gasteiger partial charge < -0.3 is 14.6 Å². The fourth-order valence-electron chi connectivity index (χ4n) is 2.55. The topological polar surface area (TPSA) is 86.0 Å². The van der Waals surface area contributed by atoms with E-state index in [4.69, 9.17) is 21.1 Å². The van der Waals surface area contributed by atoms with Gasteiger partial charge in [-0.3, -0.25) is 0 Å². The van der Waals surface area contributed by atoms with Crippen LogP contribution >= 0.6 is 11.6 Å². The van der Waals surface area contributed by atoms with Crippen LogP contribution in [-0.2, 0) is 9.47 Å². The van der Waals surface area contributed by atoms with Crippen molar-refractivity contribution in [2.24, 2.45) is 5.92 Å². The van der Waals surface area contributed by atoms with Gasteiger partial charge in [0, 0.05) is 24.8 Å². The maximum Gasteiger partial charge on any atom is 0.339 e. The van der Waals surface area contributed by atoms with Crippen molar-refractivity contribution in [1.82, 2.24) is 14.6 Å². The first-order valence-corrected chi connectivity index (χ1v) is 7.41. The van der Waals surface area contributed by atoms with Crippen LogP contribution in [0.25, 0.3) is 5.65 Å². The molecule has 118 valence electrons. The Bertz CT molecular complexity index is 697. The van der Waals surface area contributed by atoms with E-state index < -0.39 is 12.1 Å². The van der Waals surface area contributed by atoms with E-state index in [9.17, 15) is 9.90 Å². The molecule has 2 aromatic rings. The molecule has 0 amide bonds. The van der Waals surface area contributed by atoms with Crippen LogP contribution in [0.15, 0.2) is 12.3 Å². The summed E-state index contributed by atoms with van der Waals surface area (Å²) in [5, 5.41) is 13.7. The summed E-state index contributed by atoms with van der Waals surface area (Å²) in [6.07, 6.45) is 1.81. The van der Waals surface area contributed by atoms with Gasteiger partial charge in [-0.2, -0.15) is 5.10 Å². The minimum atomic E-state index is -1.07. The molecule has 1 aliphatic heterocycles. The Hall–Kier alpha value is -1.70. The van der Waals surface area contributed by atoms with Crippen molar-refractivity contribution in [3.63, 3.8) is 0 Å². The Morgan fingerprint density at radius 2 is 2.50 bits per heavy atom. The van der Waals surface area contributed by atoms with Crippen LogP contribution in [0.3, 0.4) is 0 Å². The average molecular weight is 326 g/mol.